The highest BCUT2D eigenvalue weighted by atomic mass is 79.9. The van der Waals surface area contributed by atoms with Crippen molar-refractivity contribution in [2.75, 3.05) is 0 Å². The highest BCUT2D eigenvalue weighted by Gasteiger charge is 2.59. The monoisotopic (exact) mass is 369 g/mol. The van der Waals surface area contributed by atoms with Gasteiger partial charge in [-0.1, -0.05) is 38.4 Å². The fraction of sp³-hybridized carbons (Fsp3) is 0.588. The van der Waals surface area contributed by atoms with E-state index in [2.05, 4.69) is 42.0 Å². The summed E-state index contributed by atoms with van der Waals surface area (Å²) in [6, 6.07) is 5.69. The zero-order chi connectivity index (χ0) is 15.4. The van der Waals surface area contributed by atoms with Gasteiger partial charge in [0.25, 0.3) is 5.91 Å². The van der Waals surface area contributed by atoms with Gasteiger partial charge < -0.3 is 5.32 Å². The third kappa shape index (κ3) is 2.33. The Bertz CT molecular complexity index is 596. The first-order chi connectivity index (χ1) is 9.75. The second kappa shape index (κ2) is 4.99. The van der Waals surface area contributed by atoms with Gasteiger partial charge in [-0.15, -0.1) is 0 Å². The van der Waals surface area contributed by atoms with Gasteiger partial charge in [0.05, 0.1) is 10.6 Å². The molecule has 0 aromatic heterocycles. The number of nitrogens with one attached hydrogen (secondary N) is 1. The molecule has 0 spiro atoms. The molecule has 0 aliphatic heterocycles. The summed E-state index contributed by atoms with van der Waals surface area (Å²) in [6.07, 6.45) is 3.71. The second-order valence-electron chi connectivity index (χ2n) is 7.42. The topological polar surface area (TPSA) is 29.1 Å². The molecule has 3 atom stereocenters. The number of carbonyl (C=O) groups excluding carboxylic acids is 1. The van der Waals surface area contributed by atoms with Gasteiger partial charge in [-0.2, -0.15) is 0 Å². The molecule has 2 saturated carbocycles. The largest absolute Gasteiger partial charge is 0.348 e. The normalized spacial score (nSPS) is 33.2. The molecule has 2 aliphatic rings. The lowest BCUT2D eigenvalue weighted by molar-refractivity contribution is 0.0737. The van der Waals surface area contributed by atoms with Gasteiger partial charge in [0.15, 0.2) is 0 Å². The standard InChI is InChI=1S/C17H21BrClNO/c1-16(2)10-7-8-17(3,9-10)15(16)20-14(21)11-5-4-6-12(18)13(11)19/h4-6,10,15H,7-9H2,1-3H3,(H,20,21). The van der Waals surface area contributed by atoms with E-state index in [1.54, 1.807) is 6.07 Å². The Balaban J connectivity index is 1.87. The molecule has 0 radical (unpaired) electrons. The molecule has 2 bridgehead atoms. The molecular weight excluding hydrogens is 350 g/mol. The van der Waals surface area contributed by atoms with E-state index >= 15 is 0 Å². The summed E-state index contributed by atoms with van der Waals surface area (Å²) in [6.45, 7) is 6.89. The van der Waals surface area contributed by atoms with Crippen molar-refractivity contribution in [1.82, 2.24) is 5.32 Å². The molecule has 2 fully saturated rings. The van der Waals surface area contributed by atoms with Crippen LogP contribution in [0.25, 0.3) is 0 Å². The molecule has 4 heteroatoms. The number of fused-ring (bicyclic) bond motifs is 2. The van der Waals surface area contributed by atoms with E-state index in [4.69, 9.17) is 11.6 Å². The van der Waals surface area contributed by atoms with Gasteiger partial charge in [0.2, 0.25) is 0 Å². The first-order valence-corrected chi connectivity index (χ1v) is 8.68. The van der Waals surface area contributed by atoms with Crippen LogP contribution in [0.4, 0.5) is 0 Å². The highest BCUT2D eigenvalue weighted by Crippen LogP contribution is 2.62. The number of rotatable bonds is 2. The Morgan fingerprint density at radius 1 is 1.38 bits per heavy atom. The first-order valence-electron chi connectivity index (χ1n) is 7.50. The molecule has 114 valence electrons. The number of halogens is 2. The molecule has 1 aromatic rings. The summed E-state index contributed by atoms with van der Waals surface area (Å²) in [7, 11) is 0. The van der Waals surface area contributed by atoms with E-state index in [1.807, 2.05) is 12.1 Å². The van der Waals surface area contributed by atoms with Crippen molar-refractivity contribution in [3.8, 4) is 0 Å². The van der Waals surface area contributed by atoms with E-state index in [1.165, 1.54) is 19.3 Å². The van der Waals surface area contributed by atoms with E-state index in [0.717, 1.165) is 4.47 Å². The minimum absolute atomic E-state index is 0.0619. The molecule has 2 aliphatic carbocycles. The van der Waals surface area contributed by atoms with Crippen LogP contribution in [-0.2, 0) is 0 Å². The molecule has 0 saturated heterocycles. The Labute approximate surface area is 139 Å². The van der Waals surface area contributed by atoms with Crippen molar-refractivity contribution in [2.45, 2.75) is 46.1 Å². The van der Waals surface area contributed by atoms with E-state index in [9.17, 15) is 4.79 Å². The van der Waals surface area contributed by atoms with Crippen LogP contribution in [-0.4, -0.2) is 11.9 Å². The molecule has 1 N–H and O–H groups in total. The lowest BCUT2D eigenvalue weighted by Gasteiger charge is -2.43. The van der Waals surface area contributed by atoms with Crippen molar-refractivity contribution in [3.63, 3.8) is 0 Å². The summed E-state index contributed by atoms with van der Waals surface area (Å²) >= 11 is 9.63. The predicted molar refractivity (Wildman–Crippen MR) is 89.6 cm³/mol. The van der Waals surface area contributed by atoms with Crippen molar-refractivity contribution in [2.24, 2.45) is 16.7 Å². The van der Waals surface area contributed by atoms with Gasteiger partial charge in [-0.3, -0.25) is 4.79 Å². The molecule has 3 rings (SSSR count). The lowest BCUT2D eigenvalue weighted by atomic mass is 9.68. The third-order valence-corrected chi connectivity index (χ3v) is 7.04. The van der Waals surface area contributed by atoms with Crippen LogP contribution in [0.15, 0.2) is 22.7 Å². The maximum atomic E-state index is 12.7. The maximum absolute atomic E-state index is 12.7. The van der Waals surface area contributed by atoms with Gasteiger partial charge in [-0.05, 0) is 64.1 Å². The van der Waals surface area contributed by atoms with Crippen LogP contribution in [0.3, 0.4) is 0 Å². The molecule has 3 unspecified atom stereocenters. The smallest absolute Gasteiger partial charge is 0.253 e. The van der Waals surface area contributed by atoms with Crippen LogP contribution in [0.5, 0.6) is 0 Å². The fourth-order valence-corrected chi connectivity index (χ4v) is 5.13. The third-order valence-electron chi connectivity index (χ3n) is 5.74. The van der Waals surface area contributed by atoms with Crippen molar-refractivity contribution >= 4 is 33.4 Å². The average molecular weight is 371 g/mol. The van der Waals surface area contributed by atoms with Crippen LogP contribution in [0.2, 0.25) is 5.02 Å². The SMILES string of the molecule is CC12CCC(C1)C(C)(C)C2NC(=O)c1cccc(Br)c1Cl. The molecular formula is C17H21BrClNO. The first kappa shape index (κ1) is 15.4. The van der Waals surface area contributed by atoms with Crippen LogP contribution >= 0.6 is 27.5 Å². The number of benzene rings is 1. The van der Waals surface area contributed by atoms with Crippen LogP contribution < -0.4 is 5.32 Å². The highest BCUT2D eigenvalue weighted by molar-refractivity contribution is 9.10. The summed E-state index contributed by atoms with van der Waals surface area (Å²) < 4.78 is 0.759. The maximum Gasteiger partial charge on any atom is 0.253 e. The summed E-state index contributed by atoms with van der Waals surface area (Å²) in [5.74, 6) is 0.652. The van der Waals surface area contributed by atoms with Crippen molar-refractivity contribution < 1.29 is 4.79 Å². The van der Waals surface area contributed by atoms with Gasteiger partial charge in [0.1, 0.15) is 0 Å². The minimum Gasteiger partial charge on any atom is -0.348 e. The number of hydrogen-bond donors (Lipinski definition) is 1. The van der Waals surface area contributed by atoms with Crippen LogP contribution in [0.1, 0.15) is 50.4 Å². The average Bonchev–Trinajstić information content (AvgIpc) is 2.89. The Hall–Kier alpha value is -0.540. The zero-order valence-electron chi connectivity index (χ0n) is 12.7. The molecule has 21 heavy (non-hydrogen) atoms. The molecule has 1 aromatic carbocycles. The predicted octanol–water partition coefficient (Wildman–Crippen LogP) is 5.05. The number of carbonyl (C=O) groups is 1. The van der Waals surface area contributed by atoms with Crippen molar-refractivity contribution in [1.29, 1.82) is 0 Å². The Morgan fingerprint density at radius 3 is 2.71 bits per heavy atom. The van der Waals surface area contributed by atoms with Crippen molar-refractivity contribution in [3.05, 3.63) is 33.3 Å². The van der Waals surface area contributed by atoms with E-state index in [0.29, 0.717) is 16.5 Å². The minimum atomic E-state index is -0.0619. The van der Waals surface area contributed by atoms with E-state index < -0.39 is 0 Å². The lowest BCUT2D eigenvalue weighted by Crippen LogP contribution is -2.52. The zero-order valence-corrected chi connectivity index (χ0v) is 15.0. The Morgan fingerprint density at radius 2 is 2.10 bits per heavy atom. The fourth-order valence-electron chi connectivity index (χ4n) is 4.55. The number of amides is 1. The molecule has 1 amide bonds. The summed E-state index contributed by atoms with van der Waals surface area (Å²) in [5.41, 5.74) is 0.928. The van der Waals surface area contributed by atoms with Gasteiger partial charge >= 0.3 is 0 Å². The quantitative estimate of drug-likeness (QED) is 0.775. The summed E-state index contributed by atoms with van der Waals surface area (Å²) in [4.78, 5) is 12.7. The molecule has 2 nitrogen and oxygen atoms in total. The molecule has 0 heterocycles. The number of hydrogen-bond acceptors (Lipinski definition) is 1. The summed E-state index contributed by atoms with van der Waals surface area (Å²) in [5, 5.41) is 3.77. The second-order valence-corrected chi connectivity index (χ2v) is 8.66. The van der Waals surface area contributed by atoms with Crippen LogP contribution in [0, 0.1) is 16.7 Å². The Kier molecular flexibility index (Phi) is 3.65. The van der Waals surface area contributed by atoms with Gasteiger partial charge in [0, 0.05) is 10.5 Å². The van der Waals surface area contributed by atoms with E-state index in [-0.39, 0.29) is 22.8 Å². The van der Waals surface area contributed by atoms with Gasteiger partial charge in [-0.25, -0.2) is 0 Å².